The predicted octanol–water partition coefficient (Wildman–Crippen LogP) is 16.9. The maximum absolute atomic E-state index is 6.80. The summed E-state index contributed by atoms with van der Waals surface area (Å²) in [5, 5.41) is 14.0. The molecule has 5 nitrogen and oxygen atoms in total. The SMILES string of the molecule is c1cncc(-c2ccc(-c3nc(-c4cc(-c5cc6ccccc6c6ccccc56)cc(-c5cc6ccccc6c6ccccc56)c4)nc(-c4cccc5c4oc4ccc6ccccc6c45)n3)cc2)c1. The van der Waals surface area contributed by atoms with E-state index in [1.807, 2.05) is 12.3 Å². The summed E-state index contributed by atoms with van der Waals surface area (Å²) in [6, 6.07) is 77.6. The van der Waals surface area contributed by atoms with E-state index in [0.29, 0.717) is 17.5 Å². The molecular formula is C64H38N4O. The average molecular weight is 879 g/mol. The first-order chi connectivity index (χ1) is 34.2. The predicted molar refractivity (Wildman–Crippen MR) is 285 cm³/mol. The van der Waals surface area contributed by atoms with Crippen LogP contribution in [0.5, 0.6) is 0 Å². The van der Waals surface area contributed by atoms with E-state index in [1.165, 1.54) is 43.1 Å². The molecule has 14 rings (SSSR count). The van der Waals surface area contributed by atoms with Crippen molar-refractivity contribution in [3.63, 3.8) is 0 Å². The summed E-state index contributed by atoms with van der Waals surface area (Å²) in [6.07, 6.45) is 3.68. The fourth-order valence-electron chi connectivity index (χ4n) is 10.5. The van der Waals surface area contributed by atoms with Crippen molar-refractivity contribution >= 4 is 75.8 Å². The molecule has 0 N–H and O–H groups in total. The fourth-order valence-corrected chi connectivity index (χ4v) is 10.5. The summed E-state index contributed by atoms with van der Waals surface area (Å²) in [4.78, 5) is 20.5. The molecule has 69 heavy (non-hydrogen) atoms. The summed E-state index contributed by atoms with van der Waals surface area (Å²) >= 11 is 0. The van der Waals surface area contributed by atoms with Gasteiger partial charge in [-0.1, -0.05) is 170 Å². The Morgan fingerprint density at radius 1 is 0.290 bits per heavy atom. The molecule has 14 aromatic rings. The third-order valence-electron chi connectivity index (χ3n) is 13.8. The highest BCUT2D eigenvalue weighted by molar-refractivity contribution is 6.21. The van der Waals surface area contributed by atoms with Gasteiger partial charge in [0.05, 0.1) is 5.56 Å². The lowest BCUT2D eigenvalue weighted by atomic mass is 9.88. The molecule has 11 aromatic carbocycles. The molecule has 0 saturated heterocycles. The third kappa shape index (κ3) is 6.47. The normalized spacial score (nSPS) is 11.8. The Kier molecular flexibility index (Phi) is 8.83. The largest absolute Gasteiger partial charge is 0.455 e. The van der Waals surface area contributed by atoms with Crippen molar-refractivity contribution in [3.05, 3.63) is 231 Å². The van der Waals surface area contributed by atoms with Gasteiger partial charge in [-0.15, -0.1) is 0 Å². The van der Waals surface area contributed by atoms with Gasteiger partial charge in [0.1, 0.15) is 11.2 Å². The van der Waals surface area contributed by atoms with Crippen molar-refractivity contribution in [1.29, 1.82) is 0 Å². The Labute approximate surface area is 396 Å². The molecule has 0 saturated carbocycles. The highest BCUT2D eigenvalue weighted by atomic mass is 16.3. The molecule has 0 fully saturated rings. The van der Waals surface area contributed by atoms with Crippen molar-refractivity contribution in [3.8, 4) is 67.5 Å². The van der Waals surface area contributed by atoms with Crippen molar-refractivity contribution in [2.75, 3.05) is 0 Å². The van der Waals surface area contributed by atoms with E-state index in [0.717, 1.165) is 82.8 Å². The van der Waals surface area contributed by atoms with Gasteiger partial charge in [-0.05, 0) is 136 Å². The van der Waals surface area contributed by atoms with Crippen molar-refractivity contribution in [2.24, 2.45) is 0 Å². The van der Waals surface area contributed by atoms with Gasteiger partial charge in [0.15, 0.2) is 17.5 Å². The van der Waals surface area contributed by atoms with Crippen LogP contribution >= 0.6 is 0 Å². The molecule has 0 aliphatic carbocycles. The topological polar surface area (TPSA) is 64.7 Å². The molecule has 0 bridgehead atoms. The molecule has 320 valence electrons. The number of furan rings is 1. The van der Waals surface area contributed by atoms with Crippen LogP contribution in [0.4, 0.5) is 0 Å². The van der Waals surface area contributed by atoms with Gasteiger partial charge in [0, 0.05) is 34.3 Å². The number of nitrogens with zero attached hydrogens (tertiary/aromatic N) is 4. The average Bonchev–Trinajstić information content (AvgIpc) is 3.82. The van der Waals surface area contributed by atoms with Gasteiger partial charge < -0.3 is 4.42 Å². The Morgan fingerprint density at radius 3 is 1.45 bits per heavy atom. The zero-order valence-electron chi connectivity index (χ0n) is 37.1. The van der Waals surface area contributed by atoms with Crippen molar-refractivity contribution < 1.29 is 4.42 Å². The first kappa shape index (κ1) is 38.9. The third-order valence-corrected chi connectivity index (χ3v) is 13.8. The van der Waals surface area contributed by atoms with Gasteiger partial charge >= 0.3 is 0 Å². The van der Waals surface area contributed by atoms with Crippen molar-refractivity contribution in [2.45, 2.75) is 0 Å². The van der Waals surface area contributed by atoms with E-state index in [2.05, 4.69) is 217 Å². The summed E-state index contributed by atoms with van der Waals surface area (Å²) in [5.41, 5.74) is 10.6. The maximum Gasteiger partial charge on any atom is 0.167 e. The Morgan fingerprint density at radius 2 is 0.812 bits per heavy atom. The van der Waals surface area contributed by atoms with E-state index in [-0.39, 0.29) is 0 Å². The number of pyridine rings is 1. The van der Waals surface area contributed by atoms with Crippen LogP contribution in [0.25, 0.3) is 143 Å². The second-order valence-corrected chi connectivity index (χ2v) is 17.8. The molecule has 0 unspecified atom stereocenters. The molecule has 0 aliphatic rings. The quantitative estimate of drug-likeness (QED) is 0.156. The highest BCUT2D eigenvalue weighted by Crippen LogP contribution is 2.43. The number of hydrogen-bond acceptors (Lipinski definition) is 5. The lowest BCUT2D eigenvalue weighted by Gasteiger charge is -2.16. The van der Waals surface area contributed by atoms with Crippen LogP contribution in [0.1, 0.15) is 0 Å². The molecule has 0 atom stereocenters. The smallest absolute Gasteiger partial charge is 0.167 e. The van der Waals surface area contributed by atoms with E-state index in [9.17, 15) is 0 Å². The molecule has 3 aromatic heterocycles. The Hall–Kier alpha value is -9.32. The van der Waals surface area contributed by atoms with Crippen LogP contribution in [0.3, 0.4) is 0 Å². The first-order valence-corrected chi connectivity index (χ1v) is 23.3. The van der Waals surface area contributed by atoms with E-state index >= 15 is 0 Å². The molecular weight excluding hydrogens is 841 g/mol. The van der Waals surface area contributed by atoms with Crippen LogP contribution in [0.2, 0.25) is 0 Å². The van der Waals surface area contributed by atoms with Gasteiger partial charge in [-0.25, -0.2) is 15.0 Å². The van der Waals surface area contributed by atoms with E-state index < -0.39 is 0 Å². The van der Waals surface area contributed by atoms with Crippen LogP contribution in [0.15, 0.2) is 235 Å². The molecule has 5 heteroatoms. The fraction of sp³-hybridized carbons (Fsp3) is 0. The minimum atomic E-state index is 0.527. The van der Waals surface area contributed by atoms with Crippen LogP contribution in [0, 0.1) is 0 Å². The lowest BCUT2D eigenvalue weighted by molar-refractivity contribution is 0.670. The molecule has 0 aliphatic heterocycles. The number of rotatable bonds is 6. The van der Waals surface area contributed by atoms with Gasteiger partial charge in [-0.3, -0.25) is 4.98 Å². The number of para-hydroxylation sites is 1. The van der Waals surface area contributed by atoms with Crippen LogP contribution < -0.4 is 0 Å². The summed E-state index contributed by atoms with van der Waals surface area (Å²) in [6.45, 7) is 0. The highest BCUT2D eigenvalue weighted by Gasteiger charge is 2.21. The maximum atomic E-state index is 6.80. The van der Waals surface area contributed by atoms with Crippen LogP contribution in [-0.2, 0) is 0 Å². The Bertz CT molecular complexity index is 4230. The van der Waals surface area contributed by atoms with E-state index in [1.54, 1.807) is 6.20 Å². The minimum absolute atomic E-state index is 0.527. The second-order valence-electron chi connectivity index (χ2n) is 17.8. The van der Waals surface area contributed by atoms with Gasteiger partial charge in [0.2, 0.25) is 0 Å². The Balaban J connectivity index is 1.05. The number of benzene rings is 11. The summed E-state index contributed by atoms with van der Waals surface area (Å²) < 4.78 is 6.80. The molecule has 0 amide bonds. The standard InChI is InChI=1S/C64H38N4O/c1-6-19-50-40(13-1)30-31-59-60(50)55-24-11-25-56(61(55)69-59)64-67-62(41-28-26-39(27-29-41)44-16-12-32-65-38-44)66-63(68-64)47-34-45(57-36-42-14-2-4-17-48(42)51-20-7-9-22-53(51)57)33-46(35-47)58-37-43-15-3-5-18-49(43)52-21-8-10-23-54(52)58/h1-38H. The van der Waals surface area contributed by atoms with Crippen LogP contribution in [-0.4, -0.2) is 19.9 Å². The number of aromatic nitrogens is 4. The summed E-state index contributed by atoms with van der Waals surface area (Å²) in [7, 11) is 0. The zero-order chi connectivity index (χ0) is 45.4. The molecule has 0 spiro atoms. The first-order valence-electron chi connectivity index (χ1n) is 23.3. The number of fused-ring (bicyclic) bond motifs is 11. The molecule has 3 heterocycles. The minimum Gasteiger partial charge on any atom is -0.455 e. The van der Waals surface area contributed by atoms with Crippen molar-refractivity contribution in [1.82, 2.24) is 19.9 Å². The second kappa shape index (κ2) is 15.7. The summed E-state index contributed by atoms with van der Waals surface area (Å²) in [5.74, 6) is 1.65. The zero-order valence-corrected chi connectivity index (χ0v) is 37.1. The van der Waals surface area contributed by atoms with E-state index in [4.69, 9.17) is 19.4 Å². The lowest BCUT2D eigenvalue weighted by Crippen LogP contribution is -2.01. The monoisotopic (exact) mass is 878 g/mol. The van der Waals surface area contributed by atoms with Gasteiger partial charge in [-0.2, -0.15) is 0 Å². The molecule has 0 radical (unpaired) electrons. The van der Waals surface area contributed by atoms with Gasteiger partial charge in [0.25, 0.3) is 0 Å². The number of hydrogen-bond donors (Lipinski definition) is 0.